The highest BCUT2D eigenvalue weighted by Crippen LogP contribution is 2.36. The second-order valence-corrected chi connectivity index (χ2v) is 7.79. The fourth-order valence-electron chi connectivity index (χ4n) is 4.46. The van der Waals surface area contributed by atoms with E-state index in [-0.39, 0.29) is 22.3 Å². The highest BCUT2D eigenvalue weighted by atomic mass is 19.4. The molecular formula is C20H24F4N4O. The zero-order valence-electron chi connectivity index (χ0n) is 16.1. The van der Waals surface area contributed by atoms with Crippen molar-refractivity contribution in [1.82, 2.24) is 14.9 Å². The van der Waals surface area contributed by atoms with Crippen molar-refractivity contribution >= 4 is 16.7 Å². The van der Waals surface area contributed by atoms with Crippen LogP contribution in [-0.2, 0) is 10.9 Å². The van der Waals surface area contributed by atoms with Crippen molar-refractivity contribution in [3.8, 4) is 0 Å². The summed E-state index contributed by atoms with van der Waals surface area (Å²) < 4.78 is 59.1. The zero-order chi connectivity index (χ0) is 20.5. The molecule has 1 saturated heterocycles. The Morgan fingerprint density at radius 1 is 1.07 bits per heavy atom. The molecule has 158 valence electrons. The number of morpholine rings is 1. The average Bonchev–Trinajstić information content (AvgIpc) is 2.72. The highest BCUT2D eigenvalue weighted by molar-refractivity contribution is 5.89. The van der Waals surface area contributed by atoms with Gasteiger partial charge in [-0.3, -0.25) is 4.90 Å². The van der Waals surface area contributed by atoms with Crippen molar-refractivity contribution in [3.05, 3.63) is 29.8 Å². The van der Waals surface area contributed by atoms with E-state index >= 15 is 0 Å². The van der Waals surface area contributed by atoms with Gasteiger partial charge in [-0.1, -0.05) is 19.3 Å². The van der Waals surface area contributed by atoms with E-state index in [9.17, 15) is 17.6 Å². The van der Waals surface area contributed by atoms with Crippen LogP contribution in [0.25, 0.3) is 10.9 Å². The summed E-state index contributed by atoms with van der Waals surface area (Å²) in [6, 6.07) is 3.54. The van der Waals surface area contributed by atoms with Crippen LogP contribution >= 0.6 is 0 Å². The first-order chi connectivity index (χ1) is 13.9. The van der Waals surface area contributed by atoms with Gasteiger partial charge in [-0.2, -0.15) is 13.2 Å². The van der Waals surface area contributed by atoms with E-state index in [0.717, 1.165) is 51.3 Å². The number of rotatable bonds is 4. The Hall–Kier alpha value is -2.00. The third-order valence-electron chi connectivity index (χ3n) is 5.96. The monoisotopic (exact) mass is 412 g/mol. The van der Waals surface area contributed by atoms with Gasteiger partial charge < -0.3 is 10.1 Å². The summed E-state index contributed by atoms with van der Waals surface area (Å²) in [5.41, 5.74) is -0.0920. The Morgan fingerprint density at radius 2 is 1.79 bits per heavy atom. The molecule has 0 atom stereocenters. The van der Waals surface area contributed by atoms with Crippen LogP contribution in [0.1, 0.15) is 37.9 Å². The van der Waals surface area contributed by atoms with Gasteiger partial charge in [-0.05, 0) is 31.0 Å². The standard InChI is InChI=1S/C20H24F4N4O/c21-14-4-5-16-15(12-14)17(27-18(26-16)20(22,23)24)25-13-19(6-2-1-3-7-19)28-8-10-29-11-9-28/h4-5,12H,1-3,6-11,13H2,(H,25,26,27). The lowest BCUT2D eigenvalue weighted by molar-refractivity contribution is -0.144. The number of hydrogen-bond donors (Lipinski definition) is 1. The summed E-state index contributed by atoms with van der Waals surface area (Å²) in [4.78, 5) is 9.68. The lowest BCUT2D eigenvalue weighted by Crippen LogP contribution is -2.58. The summed E-state index contributed by atoms with van der Waals surface area (Å²) in [5, 5.41) is 3.39. The first kappa shape index (κ1) is 20.3. The molecule has 1 aliphatic carbocycles. The summed E-state index contributed by atoms with van der Waals surface area (Å²) >= 11 is 0. The van der Waals surface area contributed by atoms with Gasteiger partial charge in [0, 0.05) is 30.6 Å². The summed E-state index contributed by atoms with van der Waals surface area (Å²) in [6.07, 6.45) is 0.558. The minimum absolute atomic E-state index is 0.0278. The summed E-state index contributed by atoms with van der Waals surface area (Å²) in [6.45, 7) is 3.36. The fourth-order valence-corrected chi connectivity index (χ4v) is 4.46. The molecule has 1 aromatic heterocycles. The highest BCUT2D eigenvalue weighted by Gasteiger charge is 2.39. The topological polar surface area (TPSA) is 50.3 Å². The summed E-state index contributed by atoms with van der Waals surface area (Å²) in [5.74, 6) is -1.73. The van der Waals surface area contributed by atoms with Crippen molar-refractivity contribution < 1.29 is 22.3 Å². The van der Waals surface area contributed by atoms with Crippen LogP contribution in [0, 0.1) is 5.82 Å². The van der Waals surface area contributed by atoms with E-state index in [1.807, 2.05) is 0 Å². The molecule has 0 radical (unpaired) electrons. The number of anilines is 1. The quantitative estimate of drug-likeness (QED) is 0.762. The van der Waals surface area contributed by atoms with Crippen LogP contribution < -0.4 is 5.32 Å². The molecule has 0 bridgehead atoms. The Kier molecular flexibility index (Phi) is 5.61. The maximum atomic E-state index is 13.8. The first-order valence-corrected chi connectivity index (χ1v) is 9.99. The predicted molar refractivity (Wildman–Crippen MR) is 101 cm³/mol. The molecule has 2 aromatic rings. The van der Waals surface area contributed by atoms with Crippen LogP contribution in [0.3, 0.4) is 0 Å². The van der Waals surface area contributed by atoms with Crippen LogP contribution in [0.4, 0.5) is 23.4 Å². The van der Waals surface area contributed by atoms with Gasteiger partial charge in [0.2, 0.25) is 5.82 Å². The van der Waals surface area contributed by atoms with Gasteiger partial charge in [0.05, 0.1) is 18.7 Å². The molecule has 29 heavy (non-hydrogen) atoms. The second-order valence-electron chi connectivity index (χ2n) is 7.79. The van der Waals surface area contributed by atoms with Crippen molar-refractivity contribution in [2.75, 3.05) is 38.2 Å². The third kappa shape index (κ3) is 4.30. The maximum Gasteiger partial charge on any atom is 0.451 e. The van der Waals surface area contributed by atoms with Crippen LogP contribution in [-0.4, -0.2) is 53.3 Å². The molecular weight excluding hydrogens is 388 g/mol. The van der Waals surface area contributed by atoms with E-state index in [1.54, 1.807) is 0 Å². The van der Waals surface area contributed by atoms with E-state index in [2.05, 4.69) is 20.2 Å². The lowest BCUT2D eigenvalue weighted by Gasteiger charge is -2.48. The Bertz CT molecular complexity index is 861. The minimum Gasteiger partial charge on any atom is -0.379 e. The number of hydrogen-bond acceptors (Lipinski definition) is 5. The number of aromatic nitrogens is 2. The molecule has 2 aliphatic rings. The van der Waals surface area contributed by atoms with Crippen molar-refractivity contribution in [2.45, 2.75) is 43.8 Å². The fraction of sp³-hybridized carbons (Fsp3) is 0.600. The number of nitrogens with one attached hydrogen (secondary N) is 1. The van der Waals surface area contributed by atoms with E-state index in [1.165, 1.54) is 12.1 Å². The van der Waals surface area contributed by atoms with Crippen molar-refractivity contribution in [1.29, 1.82) is 0 Å². The summed E-state index contributed by atoms with van der Waals surface area (Å²) in [7, 11) is 0. The van der Waals surface area contributed by atoms with E-state index < -0.39 is 17.8 Å². The number of alkyl halides is 3. The predicted octanol–water partition coefficient (Wildman–Crippen LogP) is 4.23. The number of benzene rings is 1. The Morgan fingerprint density at radius 3 is 2.48 bits per heavy atom. The Balaban J connectivity index is 1.67. The number of ether oxygens (including phenoxy) is 1. The smallest absolute Gasteiger partial charge is 0.379 e. The Labute approximate surface area is 166 Å². The van der Waals surface area contributed by atoms with E-state index in [4.69, 9.17) is 4.74 Å². The van der Waals surface area contributed by atoms with E-state index in [0.29, 0.717) is 19.8 Å². The molecule has 4 rings (SSSR count). The molecule has 0 amide bonds. The maximum absolute atomic E-state index is 13.8. The van der Waals surface area contributed by atoms with Crippen LogP contribution in [0.2, 0.25) is 0 Å². The van der Waals surface area contributed by atoms with Crippen molar-refractivity contribution in [2.24, 2.45) is 0 Å². The van der Waals surface area contributed by atoms with Crippen LogP contribution in [0.15, 0.2) is 18.2 Å². The molecule has 0 spiro atoms. The van der Waals surface area contributed by atoms with Gasteiger partial charge in [0.1, 0.15) is 11.6 Å². The van der Waals surface area contributed by atoms with Gasteiger partial charge in [0.25, 0.3) is 0 Å². The first-order valence-electron chi connectivity index (χ1n) is 9.99. The normalized spacial score (nSPS) is 20.7. The molecule has 2 fully saturated rings. The zero-order valence-corrected chi connectivity index (χ0v) is 16.1. The third-order valence-corrected chi connectivity index (χ3v) is 5.96. The molecule has 9 heteroatoms. The molecule has 2 heterocycles. The number of fused-ring (bicyclic) bond motifs is 1. The average molecular weight is 412 g/mol. The minimum atomic E-state index is -4.67. The molecule has 1 aliphatic heterocycles. The number of halogens is 4. The SMILES string of the molecule is Fc1ccc2nc(C(F)(F)F)nc(NCC3(N4CCOCC4)CCCCC3)c2c1. The van der Waals surface area contributed by atoms with Gasteiger partial charge in [-0.25, -0.2) is 14.4 Å². The molecule has 0 unspecified atom stereocenters. The van der Waals surface area contributed by atoms with Crippen molar-refractivity contribution in [3.63, 3.8) is 0 Å². The number of nitrogens with zero attached hydrogens (tertiary/aromatic N) is 3. The largest absolute Gasteiger partial charge is 0.451 e. The molecule has 1 N–H and O–H groups in total. The van der Waals surface area contributed by atoms with Crippen LogP contribution in [0.5, 0.6) is 0 Å². The molecule has 1 saturated carbocycles. The van der Waals surface area contributed by atoms with Gasteiger partial charge in [-0.15, -0.1) is 0 Å². The van der Waals surface area contributed by atoms with Gasteiger partial charge in [0.15, 0.2) is 0 Å². The molecule has 1 aromatic carbocycles. The van der Waals surface area contributed by atoms with Gasteiger partial charge >= 0.3 is 6.18 Å². The molecule has 5 nitrogen and oxygen atoms in total. The lowest BCUT2D eigenvalue weighted by atomic mass is 9.79. The second kappa shape index (κ2) is 8.02.